The van der Waals surface area contributed by atoms with Gasteiger partial charge in [0.15, 0.2) is 18.9 Å². The van der Waals surface area contributed by atoms with Gasteiger partial charge in [-0.3, -0.25) is 4.79 Å². The summed E-state index contributed by atoms with van der Waals surface area (Å²) < 4.78 is 34.5. The number of amides is 1. The summed E-state index contributed by atoms with van der Waals surface area (Å²) in [5, 5.41) is 121. The first-order valence-corrected chi connectivity index (χ1v) is 42.2. The van der Waals surface area contributed by atoms with Crippen molar-refractivity contribution in [2.45, 2.75) is 433 Å². The zero-order chi connectivity index (χ0) is 75.3. The Labute approximate surface area is 629 Å². The van der Waals surface area contributed by atoms with Crippen LogP contribution in [0.1, 0.15) is 328 Å². The van der Waals surface area contributed by atoms with E-state index >= 15 is 0 Å². The van der Waals surface area contributed by atoms with Crippen molar-refractivity contribution in [2.24, 2.45) is 0 Å². The second-order valence-corrected chi connectivity index (χ2v) is 29.9. The van der Waals surface area contributed by atoms with E-state index < -0.39 is 124 Å². The van der Waals surface area contributed by atoms with Crippen molar-refractivity contribution in [1.29, 1.82) is 0 Å². The Hall–Kier alpha value is -2.77. The number of carbonyl (C=O) groups is 1. The summed E-state index contributed by atoms with van der Waals surface area (Å²) in [4.78, 5) is 13.5. The van der Waals surface area contributed by atoms with Crippen LogP contribution in [0.3, 0.4) is 0 Å². The summed E-state index contributed by atoms with van der Waals surface area (Å²) in [6.07, 6.45) is 59.0. The highest BCUT2D eigenvalue weighted by Gasteiger charge is 2.54. The Morgan fingerprint density at radius 2 is 0.644 bits per heavy atom. The van der Waals surface area contributed by atoms with Crippen LogP contribution in [0.4, 0.5) is 0 Å². The molecule has 606 valence electrons. The minimum atomic E-state index is -1.99. The summed E-state index contributed by atoms with van der Waals surface area (Å²) >= 11 is 0. The van der Waals surface area contributed by atoms with Gasteiger partial charge in [-0.2, -0.15) is 0 Å². The lowest BCUT2D eigenvalue weighted by molar-refractivity contribution is -0.379. The van der Waals surface area contributed by atoms with Crippen LogP contribution in [-0.2, 0) is 33.2 Å². The second kappa shape index (κ2) is 65.0. The molecule has 0 aromatic rings. The third-order valence-corrected chi connectivity index (χ3v) is 20.7. The summed E-state index contributed by atoms with van der Waals surface area (Å²) in [5.41, 5.74) is 0. The first kappa shape index (κ1) is 95.4. The molecule has 3 saturated heterocycles. The monoisotopic (exact) mass is 1480 g/mol. The van der Waals surface area contributed by atoms with Gasteiger partial charge in [-0.1, -0.05) is 311 Å². The van der Waals surface area contributed by atoms with E-state index in [0.717, 1.165) is 57.8 Å². The van der Waals surface area contributed by atoms with E-state index in [0.29, 0.717) is 12.8 Å². The molecule has 3 heterocycles. The standard InChI is InChI=1S/C85H153NO18/c1-3-5-7-9-11-13-15-17-19-21-23-25-27-29-31-32-33-34-35-36-37-39-41-43-45-47-49-51-53-55-57-59-61-63-73(91)86-68(69(90)62-60-58-56-54-52-50-48-46-44-42-40-38-30-28-26-24-22-20-18-16-14-12-10-8-6-4-2)67-99-83-79(97)76(94)81(71(65-88)101-83)104-85-80(98)77(95)82(72(66-89)102-85)103-84-78(96)75(93)74(92)70(64-87)100-84/h15,17,21,23,27,29,44,46,52,54,60,62,68-72,74-85,87-90,92-98H,3-14,16,18-20,22,24-26,28,30-43,45,47-51,53,55-59,61,63-67H2,1-2H3,(H,86,91)/b17-15-,23-21-,29-27-,46-44+,54-52+,62-60+. The van der Waals surface area contributed by atoms with Gasteiger partial charge in [-0.15, -0.1) is 0 Å². The number of unbranched alkanes of at least 4 members (excludes halogenated alkanes) is 41. The number of carbonyl (C=O) groups excluding carboxylic acids is 1. The fourth-order valence-electron chi connectivity index (χ4n) is 13.9. The van der Waals surface area contributed by atoms with E-state index in [-0.39, 0.29) is 18.9 Å². The zero-order valence-electron chi connectivity index (χ0n) is 65.0. The summed E-state index contributed by atoms with van der Waals surface area (Å²) in [6.45, 7) is 1.74. The van der Waals surface area contributed by atoms with Crippen LogP contribution in [0, 0.1) is 0 Å². The van der Waals surface area contributed by atoms with Crippen molar-refractivity contribution < 1.29 is 89.4 Å². The van der Waals surface area contributed by atoms with Crippen molar-refractivity contribution in [3.63, 3.8) is 0 Å². The van der Waals surface area contributed by atoms with E-state index in [1.165, 1.54) is 238 Å². The number of allylic oxidation sites excluding steroid dienone is 11. The number of aliphatic hydroxyl groups excluding tert-OH is 11. The average Bonchev–Trinajstić information content (AvgIpc) is 0.783. The number of hydrogen-bond donors (Lipinski definition) is 12. The molecule has 17 unspecified atom stereocenters. The molecule has 0 spiro atoms. The topological polar surface area (TPSA) is 307 Å². The highest BCUT2D eigenvalue weighted by atomic mass is 16.8. The molecular formula is C85H153NO18. The normalized spacial score (nSPS) is 26.3. The molecule has 17 atom stereocenters. The molecule has 104 heavy (non-hydrogen) atoms. The minimum absolute atomic E-state index is 0.231. The van der Waals surface area contributed by atoms with Gasteiger partial charge in [0.05, 0.1) is 38.6 Å². The molecule has 0 saturated carbocycles. The van der Waals surface area contributed by atoms with Crippen LogP contribution >= 0.6 is 0 Å². The van der Waals surface area contributed by atoms with E-state index in [9.17, 15) is 61.0 Å². The fraction of sp³-hybridized carbons (Fsp3) is 0.847. The third-order valence-electron chi connectivity index (χ3n) is 20.7. The molecule has 19 heteroatoms. The molecule has 19 nitrogen and oxygen atoms in total. The lowest BCUT2D eigenvalue weighted by atomic mass is 9.96. The molecule has 0 aromatic heterocycles. The third kappa shape index (κ3) is 44.2. The molecule has 12 N–H and O–H groups in total. The quantitative estimate of drug-likeness (QED) is 0.0199. The predicted octanol–water partition coefficient (Wildman–Crippen LogP) is 14.8. The number of ether oxygens (including phenoxy) is 6. The van der Waals surface area contributed by atoms with Gasteiger partial charge in [-0.05, 0) is 83.5 Å². The van der Waals surface area contributed by atoms with Crippen molar-refractivity contribution in [3.8, 4) is 0 Å². The van der Waals surface area contributed by atoms with E-state index in [4.69, 9.17) is 28.4 Å². The Morgan fingerprint density at radius 3 is 1.03 bits per heavy atom. The van der Waals surface area contributed by atoms with Crippen LogP contribution < -0.4 is 5.32 Å². The maximum absolute atomic E-state index is 13.5. The van der Waals surface area contributed by atoms with Crippen molar-refractivity contribution in [1.82, 2.24) is 5.32 Å². The highest BCUT2D eigenvalue weighted by molar-refractivity contribution is 5.76. The van der Waals surface area contributed by atoms with E-state index in [1.807, 2.05) is 6.08 Å². The maximum Gasteiger partial charge on any atom is 0.220 e. The molecule has 0 aliphatic carbocycles. The average molecular weight is 1480 g/mol. The smallest absolute Gasteiger partial charge is 0.220 e. The minimum Gasteiger partial charge on any atom is -0.394 e. The van der Waals surface area contributed by atoms with Gasteiger partial charge in [0.1, 0.15) is 73.2 Å². The van der Waals surface area contributed by atoms with Crippen LogP contribution in [0.15, 0.2) is 72.9 Å². The summed E-state index contributed by atoms with van der Waals surface area (Å²) in [5.74, 6) is -0.286. The van der Waals surface area contributed by atoms with E-state index in [1.54, 1.807) is 6.08 Å². The molecule has 0 radical (unpaired) electrons. The van der Waals surface area contributed by atoms with Crippen molar-refractivity contribution in [2.75, 3.05) is 26.4 Å². The van der Waals surface area contributed by atoms with E-state index in [2.05, 4.69) is 79.9 Å². The Morgan fingerprint density at radius 1 is 0.346 bits per heavy atom. The van der Waals surface area contributed by atoms with Crippen LogP contribution in [0.2, 0.25) is 0 Å². The molecule has 3 rings (SSSR count). The van der Waals surface area contributed by atoms with Crippen molar-refractivity contribution >= 4 is 5.91 Å². The predicted molar refractivity (Wildman–Crippen MR) is 415 cm³/mol. The Kier molecular flexibility index (Phi) is 59.6. The zero-order valence-corrected chi connectivity index (χ0v) is 65.0. The van der Waals surface area contributed by atoms with Crippen molar-refractivity contribution in [3.05, 3.63) is 72.9 Å². The van der Waals surface area contributed by atoms with Gasteiger partial charge in [0.2, 0.25) is 5.91 Å². The molecule has 0 aromatic carbocycles. The molecular weight excluding hydrogens is 1320 g/mol. The van der Waals surface area contributed by atoms with Gasteiger partial charge in [0, 0.05) is 6.42 Å². The number of rotatable bonds is 67. The highest BCUT2D eigenvalue weighted by Crippen LogP contribution is 2.33. The molecule has 3 fully saturated rings. The first-order chi connectivity index (χ1) is 50.8. The van der Waals surface area contributed by atoms with Gasteiger partial charge in [0.25, 0.3) is 0 Å². The van der Waals surface area contributed by atoms with Gasteiger partial charge >= 0.3 is 0 Å². The second-order valence-electron chi connectivity index (χ2n) is 29.9. The lowest BCUT2D eigenvalue weighted by Crippen LogP contribution is -2.66. The largest absolute Gasteiger partial charge is 0.394 e. The Bertz CT molecular complexity index is 2160. The lowest BCUT2D eigenvalue weighted by Gasteiger charge is -2.48. The van der Waals surface area contributed by atoms with Crippen LogP contribution in [0.5, 0.6) is 0 Å². The fourth-order valence-corrected chi connectivity index (χ4v) is 13.9. The van der Waals surface area contributed by atoms with Crippen LogP contribution in [0.25, 0.3) is 0 Å². The summed E-state index contributed by atoms with van der Waals surface area (Å²) in [6, 6.07) is -1.00. The number of hydrogen-bond acceptors (Lipinski definition) is 18. The number of nitrogens with one attached hydrogen (secondary N) is 1. The summed E-state index contributed by atoms with van der Waals surface area (Å²) in [7, 11) is 0. The molecule has 0 bridgehead atoms. The SMILES string of the molecule is CCCCCCC/C=C\C/C=C\C/C=C\CCCCCCCCCCCCCCCCCCCCC(=O)NC(COC1OC(CO)C(OC2OC(CO)C(OC3OC(CO)C(O)C(O)C3O)C(O)C2O)C(O)C1O)C(O)/C=C/CC/C=C/CC/C=C/CCCCCCCCCCCCCCCCCC. The molecule has 1 amide bonds. The molecule has 3 aliphatic heterocycles. The van der Waals surface area contributed by atoms with Gasteiger partial charge in [-0.25, -0.2) is 0 Å². The van der Waals surface area contributed by atoms with Crippen LogP contribution in [-0.4, -0.2) is 193 Å². The Balaban J connectivity index is 1.37. The first-order valence-electron chi connectivity index (χ1n) is 42.2. The number of aliphatic hydroxyl groups is 11. The molecule has 3 aliphatic rings. The maximum atomic E-state index is 13.5. The van der Waals surface area contributed by atoms with Gasteiger partial charge < -0.3 is 89.9 Å².